The number of azo groups is 2. The highest BCUT2D eigenvalue weighted by atomic mass is 32.3. The van der Waals surface area contributed by atoms with Crippen molar-refractivity contribution in [2.24, 2.45) is 20.5 Å². The van der Waals surface area contributed by atoms with Crippen LogP contribution in [0.3, 0.4) is 0 Å². The summed E-state index contributed by atoms with van der Waals surface area (Å²) in [6.07, 6.45) is 0. The molecule has 0 spiro atoms. The van der Waals surface area contributed by atoms with Crippen LogP contribution in [0.1, 0.15) is 0 Å². The molecule has 30 heteroatoms. The number of nitrogens with zero attached hydrogens (tertiary/aromatic N) is 4. The summed E-state index contributed by atoms with van der Waals surface area (Å²) in [7, 11) is -22.8. The molecule has 0 aliphatic heterocycles. The van der Waals surface area contributed by atoms with Crippen molar-refractivity contribution < 1.29 is 78.7 Å². The van der Waals surface area contributed by atoms with Gasteiger partial charge in [-0.25, -0.2) is 26.3 Å². The average molecular weight is 867 g/mol. The minimum absolute atomic E-state index is 0.0297. The highest BCUT2D eigenvalue weighted by Gasteiger charge is 2.25. The molecular formula is C23H26N6O18S6. The van der Waals surface area contributed by atoms with Crippen molar-refractivity contribution in [1.29, 1.82) is 0 Å². The Hall–Kier alpha value is -3.76. The zero-order valence-corrected chi connectivity index (χ0v) is 31.0. The quantitative estimate of drug-likeness (QED) is 0.0181. The first-order chi connectivity index (χ1) is 24.5. The lowest BCUT2D eigenvalue weighted by molar-refractivity contribution is -0.434. The smallest absolute Gasteiger partial charge is 0.396 e. The molecule has 53 heavy (non-hydrogen) atoms. The Labute approximate surface area is 305 Å². The summed E-state index contributed by atoms with van der Waals surface area (Å²) >= 11 is 0.178. The number of nitrogens with one attached hydrogen (secondary N) is 1. The number of benzene rings is 3. The van der Waals surface area contributed by atoms with Gasteiger partial charge >= 0.3 is 10.4 Å². The molecule has 0 radical (unpaired) electrons. The third kappa shape index (κ3) is 13.9. The highest BCUT2D eigenvalue weighted by Crippen LogP contribution is 2.45. The Kier molecular flexibility index (Phi) is 14.9. The van der Waals surface area contributed by atoms with Gasteiger partial charge in [0, 0.05) is 0 Å². The summed E-state index contributed by atoms with van der Waals surface area (Å²) < 4.78 is 160. The number of nitrogens with two attached hydrogens (primary N) is 1. The third-order valence-electron chi connectivity index (χ3n) is 6.05. The van der Waals surface area contributed by atoms with Gasteiger partial charge in [-0.05, 0) is 54.6 Å². The lowest BCUT2D eigenvalue weighted by Crippen LogP contribution is -2.15. The van der Waals surface area contributed by atoms with Gasteiger partial charge in [0.25, 0.3) is 20.2 Å². The Bertz CT molecular complexity index is 2390. The summed E-state index contributed by atoms with van der Waals surface area (Å²) in [6.45, 7) is -1.26. The first kappa shape index (κ1) is 43.6. The van der Waals surface area contributed by atoms with Crippen LogP contribution in [0, 0.1) is 0 Å². The van der Waals surface area contributed by atoms with E-state index in [4.69, 9.17) is 19.7 Å². The normalized spacial score (nSPS) is 13.2. The molecule has 0 fully saturated rings. The first-order valence-corrected chi connectivity index (χ1v) is 21.9. The number of hydrogen-bond donors (Lipinski definition) is 6. The van der Waals surface area contributed by atoms with Crippen LogP contribution in [0.25, 0.3) is 0 Å². The molecule has 0 amide bonds. The lowest BCUT2D eigenvalue weighted by Gasteiger charge is -2.14. The van der Waals surface area contributed by atoms with Gasteiger partial charge in [-0.1, -0.05) is 5.04 Å². The number of hydrogen-bond acceptors (Lipinski definition) is 22. The largest absolute Gasteiger partial charge is 0.397 e. The van der Waals surface area contributed by atoms with E-state index in [1.807, 2.05) is 0 Å². The zero-order valence-electron chi connectivity index (χ0n) is 26.1. The maximum Gasteiger partial charge on any atom is 0.397 e. The number of rotatable bonds is 20. The average Bonchev–Trinajstić information content (AvgIpc) is 3.05. The van der Waals surface area contributed by atoms with Crippen molar-refractivity contribution in [3.8, 4) is 0 Å². The van der Waals surface area contributed by atoms with Crippen LogP contribution < -0.4 is 11.1 Å². The number of anilines is 2. The lowest BCUT2D eigenvalue weighted by atomic mass is 10.2. The van der Waals surface area contributed by atoms with Crippen molar-refractivity contribution >= 4 is 96.8 Å². The Morgan fingerprint density at radius 3 is 1.70 bits per heavy atom. The van der Waals surface area contributed by atoms with E-state index in [-0.39, 0.29) is 40.1 Å². The standard InChI is InChI=1S/C23H26N6O18S6/c24-21-20(52(38,39)40)13-19(28-26-15-1-5-17(6-2-15)49(31,32)11-9-44-48-47-46-30)22(25-14-51(35,36)37)23(21)29-27-16-3-7-18(8-4-16)50(33,34)12-10-45-53(41,42)43/h1-8,13,25,30H,9-12,14,24H2,(H,35,36,37)(H,38,39,40)(H,41,42,43)/b28-26+,29-27+. The number of sulfone groups is 2. The predicted octanol–water partition coefficient (Wildman–Crippen LogP) is 2.97. The molecular weight excluding hydrogens is 841 g/mol. The van der Waals surface area contributed by atoms with Gasteiger partial charge in [-0.3, -0.25) is 17.8 Å². The molecule has 0 heterocycles. The van der Waals surface area contributed by atoms with Gasteiger partial charge in [0.05, 0.1) is 57.3 Å². The van der Waals surface area contributed by atoms with Crippen molar-refractivity contribution in [3.63, 3.8) is 0 Å². The molecule has 0 bridgehead atoms. The second-order valence-electron chi connectivity index (χ2n) is 9.72. The molecule has 3 aromatic rings. The van der Waals surface area contributed by atoms with Crippen LogP contribution in [0.2, 0.25) is 0 Å². The highest BCUT2D eigenvalue weighted by molar-refractivity contribution is 7.92. The van der Waals surface area contributed by atoms with E-state index in [9.17, 15) is 51.2 Å². The Morgan fingerprint density at radius 1 is 0.717 bits per heavy atom. The minimum Gasteiger partial charge on any atom is -0.396 e. The molecule has 7 N–H and O–H groups in total. The van der Waals surface area contributed by atoms with Gasteiger partial charge in [0.2, 0.25) is 0 Å². The second kappa shape index (κ2) is 18.0. The van der Waals surface area contributed by atoms with Gasteiger partial charge in [0.15, 0.2) is 32.0 Å². The van der Waals surface area contributed by atoms with Crippen LogP contribution in [-0.2, 0) is 68.0 Å². The summed E-state index contributed by atoms with van der Waals surface area (Å²) in [5, 5.41) is 29.0. The first-order valence-electron chi connectivity index (χ1n) is 13.5. The summed E-state index contributed by atoms with van der Waals surface area (Å²) in [4.78, 5) is -1.51. The van der Waals surface area contributed by atoms with Gasteiger partial charge < -0.3 is 11.1 Å². The monoisotopic (exact) mass is 866 g/mol. The van der Waals surface area contributed by atoms with Gasteiger partial charge in [-0.15, -0.1) is 14.6 Å². The van der Waals surface area contributed by atoms with Crippen LogP contribution in [-0.4, -0.2) is 91.6 Å². The summed E-state index contributed by atoms with van der Waals surface area (Å²) in [6, 6.07) is 9.58. The van der Waals surface area contributed by atoms with Crippen molar-refractivity contribution in [2.75, 3.05) is 41.6 Å². The Balaban J connectivity index is 2.02. The van der Waals surface area contributed by atoms with E-state index < -0.39 is 102 Å². The van der Waals surface area contributed by atoms with E-state index in [1.165, 1.54) is 12.1 Å². The maximum absolute atomic E-state index is 12.5. The molecule has 0 atom stereocenters. The van der Waals surface area contributed by atoms with E-state index in [0.717, 1.165) is 36.4 Å². The maximum atomic E-state index is 12.5. The molecule has 3 rings (SSSR count). The predicted molar refractivity (Wildman–Crippen MR) is 182 cm³/mol. The van der Waals surface area contributed by atoms with E-state index in [2.05, 4.69) is 39.3 Å². The van der Waals surface area contributed by atoms with Crippen LogP contribution in [0.5, 0.6) is 0 Å². The van der Waals surface area contributed by atoms with Crippen LogP contribution >= 0.6 is 12.3 Å². The third-order valence-corrected chi connectivity index (χ3v) is 11.7. The molecule has 0 saturated heterocycles. The summed E-state index contributed by atoms with van der Waals surface area (Å²) in [5.74, 6) is -2.58. The zero-order chi connectivity index (χ0) is 39.7. The molecule has 0 saturated carbocycles. The minimum atomic E-state index is -5.14. The molecule has 0 aliphatic carbocycles. The molecule has 3 aromatic carbocycles. The van der Waals surface area contributed by atoms with Gasteiger partial charge in [-0.2, -0.15) is 35.5 Å². The second-order valence-corrected chi connectivity index (χ2v) is 18.4. The molecule has 24 nitrogen and oxygen atoms in total. The van der Waals surface area contributed by atoms with E-state index in [0.29, 0.717) is 6.07 Å². The van der Waals surface area contributed by atoms with E-state index >= 15 is 0 Å². The molecule has 292 valence electrons. The molecule has 0 aliphatic rings. The summed E-state index contributed by atoms with van der Waals surface area (Å²) in [5.41, 5.74) is 3.34. The van der Waals surface area contributed by atoms with Crippen LogP contribution in [0.4, 0.5) is 34.1 Å². The molecule has 0 aromatic heterocycles. The fourth-order valence-corrected chi connectivity index (χ4v) is 7.60. The van der Waals surface area contributed by atoms with Crippen molar-refractivity contribution in [3.05, 3.63) is 54.6 Å². The number of nitrogen functional groups attached to an aromatic ring is 1. The molecule has 0 unspecified atom stereocenters. The van der Waals surface area contributed by atoms with Gasteiger partial charge in [0.1, 0.15) is 22.1 Å². The fourth-order valence-electron chi connectivity index (χ4n) is 3.73. The topological polar surface area (TPSA) is 376 Å². The van der Waals surface area contributed by atoms with Crippen LogP contribution in [0.15, 0.2) is 89.7 Å². The van der Waals surface area contributed by atoms with Crippen molar-refractivity contribution in [1.82, 2.24) is 0 Å². The Morgan fingerprint density at radius 2 is 1.23 bits per heavy atom. The van der Waals surface area contributed by atoms with Crippen molar-refractivity contribution in [2.45, 2.75) is 14.7 Å². The van der Waals surface area contributed by atoms with E-state index in [1.54, 1.807) is 0 Å². The SMILES string of the molecule is Nc1c(S(=O)(=O)O)cc(/N=N/c2ccc(S(=O)(=O)CCOSOOO)cc2)c(NCS(=O)(=O)O)c1/N=N/c1ccc(S(=O)(=O)CCOS(=O)(=O)O)cc1. The fraction of sp³-hybridized carbons (Fsp3) is 0.217.